The van der Waals surface area contributed by atoms with Gasteiger partial charge in [-0.1, -0.05) is 33.6 Å². The first-order valence-corrected chi connectivity index (χ1v) is 7.45. The Labute approximate surface area is 134 Å². The van der Waals surface area contributed by atoms with Gasteiger partial charge in [0.05, 0.1) is 5.02 Å². The maximum absolute atomic E-state index is 14.0. The van der Waals surface area contributed by atoms with Crippen LogP contribution in [0.5, 0.6) is 11.5 Å². The summed E-state index contributed by atoms with van der Waals surface area (Å²) in [5.41, 5.74) is 0.527. The quantitative estimate of drug-likeness (QED) is 0.861. The largest absolute Gasteiger partial charge is 0.486 e. The summed E-state index contributed by atoms with van der Waals surface area (Å²) in [6, 6.07) is 7.63. The smallest absolute Gasteiger partial charge is 0.162 e. The lowest BCUT2D eigenvalue weighted by Crippen LogP contribution is -2.16. The van der Waals surface area contributed by atoms with Crippen LogP contribution in [0.25, 0.3) is 0 Å². The van der Waals surface area contributed by atoms with E-state index in [1.165, 1.54) is 12.1 Å². The second-order valence-corrected chi connectivity index (χ2v) is 5.91. The van der Waals surface area contributed by atoms with Gasteiger partial charge in [-0.15, -0.1) is 0 Å². The van der Waals surface area contributed by atoms with Crippen molar-refractivity contribution >= 4 is 27.5 Å². The van der Waals surface area contributed by atoms with Crippen LogP contribution in [0.15, 0.2) is 34.8 Å². The van der Waals surface area contributed by atoms with Crippen LogP contribution in [-0.2, 0) is 0 Å². The molecule has 6 heteroatoms. The Morgan fingerprint density at radius 2 is 1.76 bits per heavy atom. The summed E-state index contributed by atoms with van der Waals surface area (Å²) in [6.07, 6.45) is -1.18. The van der Waals surface area contributed by atoms with Gasteiger partial charge in [-0.05, 0) is 18.2 Å². The molecule has 0 aliphatic carbocycles. The summed E-state index contributed by atoms with van der Waals surface area (Å²) < 4.78 is 25.4. The molecule has 1 N–H and O–H groups in total. The van der Waals surface area contributed by atoms with Gasteiger partial charge in [-0.2, -0.15) is 0 Å². The molecule has 3 nitrogen and oxygen atoms in total. The summed E-state index contributed by atoms with van der Waals surface area (Å²) in [5.74, 6) is 0.513. The van der Waals surface area contributed by atoms with Crippen LogP contribution in [-0.4, -0.2) is 18.3 Å². The number of benzene rings is 2. The fourth-order valence-corrected chi connectivity index (χ4v) is 2.77. The highest BCUT2D eigenvalue weighted by Crippen LogP contribution is 2.39. The van der Waals surface area contributed by atoms with Crippen molar-refractivity contribution in [3.63, 3.8) is 0 Å². The zero-order chi connectivity index (χ0) is 15.0. The number of rotatable bonds is 2. The molecule has 1 heterocycles. The molecule has 0 radical (unpaired) electrons. The van der Waals surface area contributed by atoms with E-state index >= 15 is 0 Å². The molecule has 0 spiro atoms. The first kappa shape index (κ1) is 14.6. The van der Waals surface area contributed by atoms with E-state index in [9.17, 15) is 9.50 Å². The van der Waals surface area contributed by atoms with Crippen LogP contribution in [0.3, 0.4) is 0 Å². The normalized spacial score (nSPS) is 14.9. The monoisotopic (exact) mass is 372 g/mol. The Bertz CT molecular complexity index is 693. The van der Waals surface area contributed by atoms with Crippen molar-refractivity contribution in [2.45, 2.75) is 6.10 Å². The van der Waals surface area contributed by atoms with Gasteiger partial charge in [-0.25, -0.2) is 4.39 Å². The number of aliphatic hydroxyl groups excluding tert-OH is 1. The van der Waals surface area contributed by atoms with Crippen LogP contribution in [0.2, 0.25) is 5.02 Å². The molecule has 21 heavy (non-hydrogen) atoms. The van der Waals surface area contributed by atoms with Gasteiger partial charge >= 0.3 is 0 Å². The Morgan fingerprint density at radius 1 is 1.10 bits per heavy atom. The first-order valence-electron chi connectivity index (χ1n) is 6.28. The zero-order valence-corrected chi connectivity index (χ0v) is 13.1. The Kier molecular flexibility index (Phi) is 4.06. The number of halogens is 3. The van der Waals surface area contributed by atoms with Crippen LogP contribution in [0, 0.1) is 5.82 Å². The molecule has 1 aliphatic rings. The summed E-state index contributed by atoms with van der Waals surface area (Å²) in [6.45, 7) is 0.878. The minimum atomic E-state index is -1.18. The van der Waals surface area contributed by atoms with Crippen molar-refractivity contribution in [2.75, 3.05) is 13.2 Å². The summed E-state index contributed by atoms with van der Waals surface area (Å²) >= 11 is 9.34. The average molecular weight is 374 g/mol. The summed E-state index contributed by atoms with van der Waals surface area (Å²) in [5, 5.41) is 10.7. The fourth-order valence-electron chi connectivity index (χ4n) is 2.18. The highest BCUT2D eigenvalue weighted by molar-refractivity contribution is 9.10. The predicted octanol–water partition coefficient (Wildman–Crippen LogP) is 4.09. The van der Waals surface area contributed by atoms with Crippen molar-refractivity contribution < 1.29 is 19.0 Å². The number of ether oxygens (including phenoxy) is 2. The summed E-state index contributed by atoms with van der Waals surface area (Å²) in [7, 11) is 0. The van der Waals surface area contributed by atoms with Crippen molar-refractivity contribution in [1.29, 1.82) is 0 Å². The molecule has 1 unspecified atom stereocenters. The Morgan fingerprint density at radius 3 is 2.43 bits per heavy atom. The predicted molar refractivity (Wildman–Crippen MR) is 80.6 cm³/mol. The third kappa shape index (κ3) is 2.86. The molecule has 0 amide bonds. The van der Waals surface area contributed by atoms with Gasteiger partial charge in [-0.3, -0.25) is 0 Å². The maximum Gasteiger partial charge on any atom is 0.162 e. The van der Waals surface area contributed by atoms with Crippen LogP contribution in [0.1, 0.15) is 17.2 Å². The number of fused-ring (bicyclic) bond motifs is 1. The third-order valence-electron chi connectivity index (χ3n) is 3.21. The minimum Gasteiger partial charge on any atom is -0.486 e. The van der Waals surface area contributed by atoms with E-state index in [1.54, 1.807) is 18.2 Å². The molecule has 0 aromatic heterocycles. The second kappa shape index (κ2) is 5.83. The lowest BCUT2D eigenvalue weighted by molar-refractivity contribution is 0.169. The van der Waals surface area contributed by atoms with Gasteiger partial charge in [0.25, 0.3) is 0 Å². The maximum atomic E-state index is 14.0. The molecular formula is C15H11BrClFO3. The van der Waals surface area contributed by atoms with Gasteiger partial charge < -0.3 is 14.6 Å². The molecular weight excluding hydrogens is 363 g/mol. The Hall–Kier alpha value is -1.30. The second-order valence-electron chi connectivity index (χ2n) is 4.59. The van der Waals surface area contributed by atoms with Crippen LogP contribution in [0.4, 0.5) is 4.39 Å². The first-order chi connectivity index (χ1) is 10.1. The molecule has 0 saturated carbocycles. The molecule has 0 bridgehead atoms. The van der Waals surface area contributed by atoms with E-state index in [2.05, 4.69) is 15.9 Å². The van der Waals surface area contributed by atoms with E-state index in [4.69, 9.17) is 21.1 Å². The molecule has 0 fully saturated rings. The average Bonchev–Trinajstić information content (AvgIpc) is 2.46. The molecule has 2 aromatic rings. The molecule has 3 rings (SSSR count). The van der Waals surface area contributed by atoms with Gasteiger partial charge in [0.1, 0.15) is 25.1 Å². The molecule has 110 valence electrons. The SMILES string of the molecule is OC(c1ccc(Br)cc1F)c1cc2c(cc1Cl)OCCO2. The van der Waals surface area contributed by atoms with Crippen LogP contribution < -0.4 is 9.47 Å². The number of hydrogen-bond acceptors (Lipinski definition) is 3. The van der Waals surface area contributed by atoms with Crippen LogP contribution >= 0.6 is 27.5 Å². The molecule has 1 aliphatic heterocycles. The highest BCUT2D eigenvalue weighted by Gasteiger charge is 2.22. The van der Waals surface area contributed by atoms with Crippen molar-refractivity contribution in [3.8, 4) is 11.5 Å². The topological polar surface area (TPSA) is 38.7 Å². The minimum absolute atomic E-state index is 0.150. The summed E-state index contributed by atoms with van der Waals surface area (Å²) in [4.78, 5) is 0. The lowest BCUT2D eigenvalue weighted by Gasteiger charge is -2.21. The van der Waals surface area contributed by atoms with E-state index in [0.29, 0.717) is 39.8 Å². The third-order valence-corrected chi connectivity index (χ3v) is 4.03. The standard InChI is InChI=1S/C15H11BrClFO3/c16-8-1-2-9(12(18)5-8)15(19)10-6-13-14(7-11(10)17)21-4-3-20-13/h1-2,5-7,15,19H,3-4H2. The van der Waals surface area contributed by atoms with Gasteiger partial charge in [0.2, 0.25) is 0 Å². The zero-order valence-electron chi connectivity index (χ0n) is 10.8. The van der Waals surface area contributed by atoms with E-state index in [0.717, 1.165) is 0 Å². The van der Waals surface area contributed by atoms with Gasteiger partial charge in [0.15, 0.2) is 11.5 Å². The van der Waals surface area contributed by atoms with Crippen molar-refractivity contribution in [3.05, 3.63) is 56.8 Å². The molecule has 2 aromatic carbocycles. The van der Waals surface area contributed by atoms with Crippen molar-refractivity contribution in [1.82, 2.24) is 0 Å². The number of hydrogen-bond donors (Lipinski definition) is 1. The molecule has 0 saturated heterocycles. The lowest BCUT2D eigenvalue weighted by atomic mass is 10.0. The van der Waals surface area contributed by atoms with E-state index in [1.807, 2.05) is 0 Å². The Balaban J connectivity index is 2.03. The van der Waals surface area contributed by atoms with E-state index < -0.39 is 11.9 Å². The molecule has 1 atom stereocenters. The van der Waals surface area contributed by atoms with E-state index in [-0.39, 0.29) is 5.56 Å². The fraction of sp³-hybridized carbons (Fsp3) is 0.200. The van der Waals surface area contributed by atoms with Crippen molar-refractivity contribution in [2.24, 2.45) is 0 Å². The number of aliphatic hydroxyl groups is 1. The van der Waals surface area contributed by atoms with Gasteiger partial charge in [0, 0.05) is 21.7 Å². The highest BCUT2D eigenvalue weighted by atomic mass is 79.9.